The third-order valence-electron chi connectivity index (χ3n) is 7.31. The van der Waals surface area contributed by atoms with Gasteiger partial charge in [0.25, 0.3) is 11.8 Å². The molecule has 0 aliphatic rings. The van der Waals surface area contributed by atoms with Crippen LogP contribution in [0.5, 0.6) is 0 Å². The van der Waals surface area contributed by atoms with Gasteiger partial charge >= 0.3 is 0 Å². The second kappa shape index (κ2) is 17.0. The van der Waals surface area contributed by atoms with E-state index in [0.29, 0.717) is 30.8 Å². The van der Waals surface area contributed by atoms with Gasteiger partial charge in [-0.2, -0.15) is 0 Å². The number of nitrogens with one attached hydrogen (secondary N) is 2. The highest BCUT2D eigenvalue weighted by molar-refractivity contribution is 6.00. The summed E-state index contributed by atoms with van der Waals surface area (Å²) in [6.45, 7) is 15.2. The largest absolute Gasteiger partial charge is 0.390 e. The van der Waals surface area contributed by atoms with Crippen molar-refractivity contribution in [2.24, 2.45) is 17.8 Å². The van der Waals surface area contributed by atoms with Crippen molar-refractivity contribution >= 4 is 17.7 Å². The molecule has 232 valence electrons. The lowest BCUT2D eigenvalue weighted by atomic mass is 9.83. The Morgan fingerprint density at radius 2 is 1.45 bits per heavy atom. The highest BCUT2D eigenvalue weighted by Crippen LogP contribution is 2.22. The van der Waals surface area contributed by atoms with Crippen LogP contribution in [-0.4, -0.2) is 70.7 Å². The van der Waals surface area contributed by atoms with Crippen LogP contribution in [0.1, 0.15) is 86.2 Å². The normalized spacial score (nSPS) is 14.3. The molecule has 2 aromatic carbocycles. The van der Waals surface area contributed by atoms with Crippen molar-refractivity contribution in [2.45, 2.75) is 86.0 Å². The Labute approximate surface area is 251 Å². The summed E-state index contributed by atoms with van der Waals surface area (Å²) in [5.74, 6) is -1.82. The number of hydrogen-bond donors (Lipinski definition) is 4. The van der Waals surface area contributed by atoms with Crippen LogP contribution in [0.15, 0.2) is 48.5 Å². The van der Waals surface area contributed by atoms with Gasteiger partial charge in [-0.15, -0.1) is 0 Å². The van der Waals surface area contributed by atoms with Gasteiger partial charge in [-0.3, -0.25) is 14.4 Å². The number of aryl methyl sites for hydroxylation is 1. The molecule has 0 unspecified atom stereocenters. The van der Waals surface area contributed by atoms with Crippen LogP contribution in [-0.2, 0) is 11.2 Å². The summed E-state index contributed by atoms with van der Waals surface area (Å²) in [5, 5.41) is 28.6. The van der Waals surface area contributed by atoms with E-state index in [1.54, 1.807) is 23.1 Å². The number of amides is 3. The molecule has 0 aliphatic carbocycles. The van der Waals surface area contributed by atoms with Crippen molar-refractivity contribution in [3.63, 3.8) is 0 Å². The summed E-state index contributed by atoms with van der Waals surface area (Å²) in [6, 6.07) is 13.5. The maximum Gasteiger partial charge on any atom is 0.253 e. The third-order valence-corrected chi connectivity index (χ3v) is 7.31. The van der Waals surface area contributed by atoms with Gasteiger partial charge in [0.15, 0.2) is 0 Å². The Morgan fingerprint density at radius 1 is 0.857 bits per heavy atom. The van der Waals surface area contributed by atoms with Crippen molar-refractivity contribution in [1.82, 2.24) is 15.5 Å². The molecule has 0 spiro atoms. The summed E-state index contributed by atoms with van der Waals surface area (Å²) < 4.78 is 0. The van der Waals surface area contributed by atoms with E-state index in [0.717, 1.165) is 24.0 Å². The predicted molar refractivity (Wildman–Crippen MR) is 167 cm³/mol. The molecule has 0 aliphatic heterocycles. The zero-order valence-electron chi connectivity index (χ0n) is 26.4. The molecule has 4 atom stereocenters. The smallest absolute Gasteiger partial charge is 0.253 e. The minimum atomic E-state index is -1.43. The fraction of sp³-hybridized carbons (Fsp3) is 0.559. The number of rotatable bonds is 16. The van der Waals surface area contributed by atoms with E-state index in [1.807, 2.05) is 78.8 Å². The molecule has 8 nitrogen and oxygen atoms in total. The van der Waals surface area contributed by atoms with E-state index < -0.39 is 30.1 Å². The Kier molecular flexibility index (Phi) is 14.2. The van der Waals surface area contributed by atoms with Crippen molar-refractivity contribution in [2.75, 3.05) is 19.6 Å². The first-order chi connectivity index (χ1) is 19.9. The number of aliphatic hydroxyl groups is 2. The molecule has 4 N–H and O–H groups in total. The Hall–Kier alpha value is -3.23. The minimum absolute atomic E-state index is 0.125. The fourth-order valence-electron chi connectivity index (χ4n) is 5.18. The first-order valence-electron chi connectivity index (χ1n) is 15.3. The standard InChI is InChI=1S/C34H51N3O5/c1-8-15-37(16-9-2)34(42)27-18-24(7)17-26(20-27)32(40)36-28(19-25-13-11-10-12-14-25)30(38)31(39)29(23(5)6)33(41)35-21-22(3)4/h10-14,17-18,20,22-23,28-31,38-39H,8-9,15-16,19,21H2,1-7H3,(H,35,41)(H,36,40)/t28-,29+,30+,31+/m0/s1. The van der Waals surface area contributed by atoms with Crippen molar-refractivity contribution in [3.05, 3.63) is 70.8 Å². The van der Waals surface area contributed by atoms with Gasteiger partial charge in [-0.05, 0) is 67.3 Å². The van der Waals surface area contributed by atoms with E-state index >= 15 is 0 Å². The molecule has 2 rings (SSSR count). The van der Waals surface area contributed by atoms with Gasteiger partial charge in [0.2, 0.25) is 5.91 Å². The Bertz CT molecular complexity index is 1150. The molecular formula is C34H51N3O5. The summed E-state index contributed by atoms with van der Waals surface area (Å²) >= 11 is 0. The van der Waals surface area contributed by atoms with Crippen LogP contribution >= 0.6 is 0 Å². The minimum Gasteiger partial charge on any atom is -0.390 e. The maximum absolute atomic E-state index is 13.6. The Balaban J connectivity index is 2.38. The fourth-order valence-corrected chi connectivity index (χ4v) is 5.18. The molecule has 0 radical (unpaired) electrons. The summed E-state index contributed by atoms with van der Waals surface area (Å²) in [7, 11) is 0. The molecular weight excluding hydrogens is 530 g/mol. The van der Waals surface area contributed by atoms with E-state index in [-0.39, 0.29) is 30.1 Å². The quantitative estimate of drug-likeness (QED) is 0.235. The average Bonchev–Trinajstić information content (AvgIpc) is 2.94. The second-order valence-electron chi connectivity index (χ2n) is 12.0. The topological polar surface area (TPSA) is 119 Å². The van der Waals surface area contributed by atoms with E-state index in [4.69, 9.17) is 0 Å². The predicted octanol–water partition coefficient (Wildman–Crippen LogP) is 4.36. The van der Waals surface area contributed by atoms with Gasteiger partial charge in [-0.1, -0.05) is 71.9 Å². The monoisotopic (exact) mass is 581 g/mol. The lowest BCUT2D eigenvalue weighted by Gasteiger charge is -2.33. The van der Waals surface area contributed by atoms with Crippen LogP contribution in [0, 0.1) is 24.7 Å². The van der Waals surface area contributed by atoms with Crippen molar-refractivity contribution < 1.29 is 24.6 Å². The molecule has 3 amide bonds. The molecule has 42 heavy (non-hydrogen) atoms. The van der Waals surface area contributed by atoms with E-state index in [2.05, 4.69) is 10.6 Å². The van der Waals surface area contributed by atoms with E-state index in [1.165, 1.54) is 0 Å². The Morgan fingerprint density at radius 3 is 2.00 bits per heavy atom. The van der Waals surface area contributed by atoms with Crippen LogP contribution in [0.3, 0.4) is 0 Å². The summed E-state index contributed by atoms with van der Waals surface area (Å²) in [6.07, 6.45) is -0.945. The SMILES string of the molecule is CCCN(CCC)C(=O)c1cc(C)cc(C(=O)N[C@@H](Cc2ccccc2)[C@@H](O)[C@H](O)[C@H](C(=O)NCC(C)C)C(C)C)c1. The summed E-state index contributed by atoms with van der Waals surface area (Å²) in [5.41, 5.74) is 2.35. The average molecular weight is 582 g/mol. The molecule has 0 saturated carbocycles. The van der Waals surface area contributed by atoms with Crippen LogP contribution in [0.25, 0.3) is 0 Å². The van der Waals surface area contributed by atoms with Crippen molar-refractivity contribution in [1.29, 1.82) is 0 Å². The molecule has 0 saturated heterocycles. The highest BCUT2D eigenvalue weighted by atomic mass is 16.3. The lowest BCUT2D eigenvalue weighted by Crippen LogP contribution is -2.55. The number of benzene rings is 2. The van der Waals surface area contributed by atoms with Crippen LogP contribution < -0.4 is 10.6 Å². The number of aliphatic hydroxyl groups excluding tert-OH is 2. The first kappa shape index (κ1) is 35.0. The van der Waals surface area contributed by atoms with Gasteiger partial charge in [0.1, 0.15) is 6.10 Å². The summed E-state index contributed by atoms with van der Waals surface area (Å²) in [4.78, 5) is 41.8. The van der Waals surface area contributed by atoms with Gasteiger partial charge in [-0.25, -0.2) is 0 Å². The molecule has 0 fully saturated rings. The molecule has 0 aromatic heterocycles. The first-order valence-corrected chi connectivity index (χ1v) is 15.3. The maximum atomic E-state index is 13.6. The highest BCUT2D eigenvalue weighted by Gasteiger charge is 2.38. The van der Waals surface area contributed by atoms with E-state index in [9.17, 15) is 24.6 Å². The zero-order valence-corrected chi connectivity index (χ0v) is 26.4. The number of carbonyl (C=O) groups excluding carboxylic acids is 3. The van der Waals surface area contributed by atoms with Crippen LogP contribution in [0.2, 0.25) is 0 Å². The number of hydrogen-bond acceptors (Lipinski definition) is 5. The second-order valence-corrected chi connectivity index (χ2v) is 12.0. The number of carbonyl (C=O) groups is 3. The molecule has 0 heterocycles. The molecule has 2 aromatic rings. The molecule has 0 bridgehead atoms. The van der Waals surface area contributed by atoms with Gasteiger partial charge in [0, 0.05) is 30.8 Å². The molecule has 8 heteroatoms. The van der Waals surface area contributed by atoms with Crippen LogP contribution in [0.4, 0.5) is 0 Å². The lowest BCUT2D eigenvalue weighted by molar-refractivity contribution is -0.135. The third kappa shape index (κ3) is 10.2. The van der Waals surface area contributed by atoms with Gasteiger partial charge in [0.05, 0.1) is 18.1 Å². The van der Waals surface area contributed by atoms with Crippen molar-refractivity contribution in [3.8, 4) is 0 Å². The van der Waals surface area contributed by atoms with Gasteiger partial charge < -0.3 is 25.7 Å². The number of nitrogens with zero attached hydrogens (tertiary/aromatic N) is 1. The zero-order chi connectivity index (χ0) is 31.4.